The number of carbonyl (C=O) groups is 2. The first-order valence-electron chi connectivity index (χ1n) is 5.36. The van der Waals surface area contributed by atoms with Gasteiger partial charge < -0.3 is 4.74 Å². The number of ether oxygens (including phenoxy) is 1. The van der Waals surface area contributed by atoms with Crippen molar-refractivity contribution in [2.45, 2.75) is 26.4 Å². The average Bonchev–Trinajstić information content (AvgIpc) is 2.26. The van der Waals surface area contributed by atoms with E-state index in [2.05, 4.69) is 5.32 Å². The zero-order valence-corrected chi connectivity index (χ0v) is 10.5. The fourth-order valence-electron chi connectivity index (χ4n) is 1.16. The molecule has 5 nitrogen and oxygen atoms in total. The molecule has 0 atom stereocenters. The maximum absolute atomic E-state index is 11.6. The molecule has 0 aliphatic carbocycles. The number of rotatable bonds is 1. The van der Waals surface area contributed by atoms with Gasteiger partial charge in [-0.3, -0.25) is 10.1 Å². The summed E-state index contributed by atoms with van der Waals surface area (Å²) in [5.41, 5.74) is 0.0818. The van der Waals surface area contributed by atoms with Gasteiger partial charge in [-0.05, 0) is 45.0 Å². The first-order valence-corrected chi connectivity index (χ1v) is 5.36. The molecule has 1 aromatic rings. The monoisotopic (exact) mass is 246 g/mol. The number of imide groups is 1. The topological polar surface area (TPSA) is 79.2 Å². The van der Waals surface area contributed by atoms with Crippen molar-refractivity contribution in [3.63, 3.8) is 0 Å². The standard InChI is InChI=1S/C13H14N2O3/c1-13(2,3)18-12(17)15-11(16)10-6-4-9(8-14)5-7-10/h4-7H,1-3H3,(H,15,16,17). The molecule has 1 rings (SSSR count). The SMILES string of the molecule is CC(C)(C)OC(=O)NC(=O)c1ccc(C#N)cc1. The number of nitrogens with zero attached hydrogens (tertiary/aromatic N) is 1. The normalized spacial score (nSPS) is 10.3. The highest BCUT2D eigenvalue weighted by atomic mass is 16.6. The lowest BCUT2D eigenvalue weighted by Gasteiger charge is -2.19. The minimum Gasteiger partial charge on any atom is -0.444 e. The van der Waals surface area contributed by atoms with Crippen molar-refractivity contribution >= 4 is 12.0 Å². The second kappa shape index (κ2) is 5.32. The van der Waals surface area contributed by atoms with Gasteiger partial charge in [-0.15, -0.1) is 0 Å². The Morgan fingerprint density at radius 1 is 1.22 bits per heavy atom. The Bertz CT molecular complexity index is 492. The van der Waals surface area contributed by atoms with Crippen LogP contribution in [0.4, 0.5) is 4.79 Å². The van der Waals surface area contributed by atoms with Crippen LogP contribution < -0.4 is 5.32 Å². The fraction of sp³-hybridized carbons (Fsp3) is 0.308. The summed E-state index contributed by atoms with van der Waals surface area (Å²) < 4.78 is 4.95. The van der Waals surface area contributed by atoms with Crippen LogP contribution in [0.2, 0.25) is 0 Å². The number of hydrogen-bond acceptors (Lipinski definition) is 4. The predicted octanol–water partition coefficient (Wildman–Crippen LogP) is 2.22. The van der Waals surface area contributed by atoms with E-state index in [1.54, 1.807) is 20.8 Å². The maximum Gasteiger partial charge on any atom is 0.414 e. The minimum absolute atomic E-state index is 0.292. The number of carbonyl (C=O) groups excluding carboxylic acids is 2. The van der Waals surface area contributed by atoms with Crippen LogP contribution in [0.15, 0.2) is 24.3 Å². The Hall–Kier alpha value is -2.35. The van der Waals surface area contributed by atoms with Crippen LogP contribution in [0.3, 0.4) is 0 Å². The minimum atomic E-state index is -0.795. The van der Waals surface area contributed by atoms with Gasteiger partial charge in [-0.25, -0.2) is 4.79 Å². The third-order valence-electron chi connectivity index (χ3n) is 1.89. The lowest BCUT2D eigenvalue weighted by molar-refractivity contribution is 0.0508. The zero-order valence-electron chi connectivity index (χ0n) is 10.5. The Balaban J connectivity index is 2.65. The van der Waals surface area contributed by atoms with E-state index in [9.17, 15) is 9.59 Å². The van der Waals surface area contributed by atoms with Gasteiger partial charge in [0, 0.05) is 5.56 Å². The Morgan fingerprint density at radius 2 is 1.78 bits per heavy atom. The summed E-state index contributed by atoms with van der Waals surface area (Å²) in [7, 11) is 0. The first kappa shape index (κ1) is 13.7. The third kappa shape index (κ3) is 4.26. The maximum atomic E-state index is 11.6. The van der Waals surface area contributed by atoms with Crippen molar-refractivity contribution in [3.8, 4) is 6.07 Å². The molecule has 0 aliphatic rings. The van der Waals surface area contributed by atoms with Crippen molar-refractivity contribution < 1.29 is 14.3 Å². The second-order valence-electron chi connectivity index (χ2n) is 4.65. The summed E-state index contributed by atoms with van der Waals surface area (Å²) in [5, 5.41) is 10.7. The van der Waals surface area contributed by atoms with Gasteiger partial charge in [0.2, 0.25) is 0 Å². The van der Waals surface area contributed by atoms with Crippen molar-refractivity contribution in [2.24, 2.45) is 0 Å². The van der Waals surface area contributed by atoms with Crippen LogP contribution in [0, 0.1) is 11.3 Å². The first-order chi connectivity index (χ1) is 8.31. The number of benzene rings is 1. The van der Waals surface area contributed by atoms with Crippen LogP contribution in [0.5, 0.6) is 0 Å². The van der Waals surface area contributed by atoms with Crippen LogP contribution in [0.1, 0.15) is 36.7 Å². The highest BCUT2D eigenvalue weighted by Crippen LogP contribution is 2.07. The third-order valence-corrected chi connectivity index (χ3v) is 1.89. The molecule has 2 amide bonds. The van der Waals surface area contributed by atoms with Gasteiger partial charge in [0.05, 0.1) is 11.6 Å². The predicted molar refractivity (Wildman–Crippen MR) is 64.9 cm³/mol. The van der Waals surface area contributed by atoms with E-state index in [1.807, 2.05) is 6.07 Å². The summed E-state index contributed by atoms with van der Waals surface area (Å²) in [4.78, 5) is 23.0. The number of amides is 2. The molecular weight excluding hydrogens is 232 g/mol. The molecule has 0 saturated carbocycles. The molecule has 0 spiro atoms. The molecule has 0 heterocycles. The van der Waals surface area contributed by atoms with Crippen LogP contribution in [-0.4, -0.2) is 17.6 Å². The molecular formula is C13H14N2O3. The summed E-state index contributed by atoms with van der Waals surface area (Å²) in [6.07, 6.45) is -0.795. The van der Waals surface area contributed by atoms with Gasteiger partial charge in [0.25, 0.3) is 5.91 Å². The quantitative estimate of drug-likeness (QED) is 0.824. The van der Waals surface area contributed by atoms with Crippen molar-refractivity contribution in [1.82, 2.24) is 5.32 Å². The van der Waals surface area contributed by atoms with E-state index in [0.29, 0.717) is 11.1 Å². The van der Waals surface area contributed by atoms with Crippen LogP contribution in [0.25, 0.3) is 0 Å². The molecule has 0 aromatic heterocycles. The van der Waals surface area contributed by atoms with E-state index in [-0.39, 0.29) is 0 Å². The van der Waals surface area contributed by atoms with Crippen molar-refractivity contribution in [1.29, 1.82) is 5.26 Å². The highest BCUT2D eigenvalue weighted by Gasteiger charge is 2.18. The molecule has 0 aliphatic heterocycles. The molecule has 0 unspecified atom stereocenters. The smallest absolute Gasteiger partial charge is 0.414 e. The number of hydrogen-bond donors (Lipinski definition) is 1. The number of alkyl carbamates (subject to hydrolysis) is 1. The van der Waals surface area contributed by atoms with E-state index in [4.69, 9.17) is 10.00 Å². The zero-order chi connectivity index (χ0) is 13.8. The molecule has 5 heteroatoms. The summed E-state index contributed by atoms with van der Waals surface area (Å²) in [6, 6.07) is 7.89. The van der Waals surface area contributed by atoms with E-state index in [0.717, 1.165) is 0 Å². The molecule has 0 radical (unpaired) electrons. The molecule has 1 aromatic carbocycles. The van der Waals surface area contributed by atoms with Gasteiger partial charge in [-0.1, -0.05) is 0 Å². The summed E-state index contributed by atoms with van der Waals surface area (Å²) in [5.74, 6) is -0.561. The summed E-state index contributed by atoms with van der Waals surface area (Å²) in [6.45, 7) is 5.12. The lowest BCUT2D eigenvalue weighted by Crippen LogP contribution is -2.36. The molecule has 0 bridgehead atoms. The van der Waals surface area contributed by atoms with Crippen molar-refractivity contribution in [2.75, 3.05) is 0 Å². The van der Waals surface area contributed by atoms with Gasteiger partial charge in [0.15, 0.2) is 0 Å². The largest absolute Gasteiger partial charge is 0.444 e. The van der Waals surface area contributed by atoms with Gasteiger partial charge >= 0.3 is 6.09 Å². The lowest BCUT2D eigenvalue weighted by atomic mass is 10.1. The number of nitrogens with one attached hydrogen (secondary N) is 1. The molecule has 0 fully saturated rings. The van der Waals surface area contributed by atoms with Crippen LogP contribution >= 0.6 is 0 Å². The average molecular weight is 246 g/mol. The van der Waals surface area contributed by atoms with Crippen molar-refractivity contribution in [3.05, 3.63) is 35.4 Å². The Morgan fingerprint density at radius 3 is 2.22 bits per heavy atom. The van der Waals surface area contributed by atoms with Gasteiger partial charge in [0.1, 0.15) is 5.60 Å². The fourth-order valence-corrected chi connectivity index (χ4v) is 1.16. The summed E-state index contributed by atoms with van der Waals surface area (Å²) >= 11 is 0. The molecule has 0 saturated heterocycles. The van der Waals surface area contributed by atoms with E-state index < -0.39 is 17.6 Å². The van der Waals surface area contributed by atoms with E-state index >= 15 is 0 Å². The second-order valence-corrected chi connectivity index (χ2v) is 4.65. The Kier molecular flexibility index (Phi) is 4.05. The molecule has 94 valence electrons. The van der Waals surface area contributed by atoms with E-state index in [1.165, 1.54) is 24.3 Å². The Labute approximate surface area is 105 Å². The molecule has 1 N–H and O–H groups in total. The van der Waals surface area contributed by atoms with Crippen LogP contribution in [-0.2, 0) is 4.74 Å². The number of nitriles is 1. The highest BCUT2D eigenvalue weighted by molar-refractivity contribution is 6.02. The molecule has 18 heavy (non-hydrogen) atoms. The van der Waals surface area contributed by atoms with Gasteiger partial charge in [-0.2, -0.15) is 5.26 Å².